The third-order valence-corrected chi connectivity index (χ3v) is 7.19. The van der Waals surface area contributed by atoms with Gasteiger partial charge in [-0.1, -0.05) is 12.1 Å². The van der Waals surface area contributed by atoms with Gasteiger partial charge < -0.3 is 19.3 Å². The quantitative estimate of drug-likeness (QED) is 0.704. The van der Waals surface area contributed by atoms with E-state index in [1.807, 2.05) is 6.07 Å². The fraction of sp³-hybridized carbons (Fsp3) is 0.474. The number of nitrogens with zero attached hydrogens (tertiary/aromatic N) is 5. The van der Waals surface area contributed by atoms with Crippen molar-refractivity contribution in [2.24, 2.45) is 0 Å². The van der Waals surface area contributed by atoms with E-state index in [0.29, 0.717) is 45.1 Å². The Hall–Kier alpha value is -2.43. The Balaban J connectivity index is 1.46. The first-order valence-corrected chi connectivity index (χ1v) is 11.1. The molecule has 0 spiro atoms. The zero-order valence-corrected chi connectivity index (χ0v) is 17.2. The summed E-state index contributed by atoms with van der Waals surface area (Å²) in [6.07, 6.45) is 1.76. The fourth-order valence-electron chi connectivity index (χ4n) is 3.62. The van der Waals surface area contributed by atoms with Gasteiger partial charge in [-0.05, 0) is 12.1 Å². The molecule has 0 aliphatic carbocycles. The van der Waals surface area contributed by atoms with Crippen molar-refractivity contribution in [3.05, 3.63) is 36.5 Å². The third-order valence-electron chi connectivity index (χ3n) is 5.25. The lowest BCUT2D eigenvalue weighted by molar-refractivity contribution is 0.122. The van der Waals surface area contributed by atoms with Crippen molar-refractivity contribution in [2.45, 2.75) is 4.90 Å². The summed E-state index contributed by atoms with van der Waals surface area (Å²) in [5.74, 6) is 1.13. The molecule has 0 saturated carbocycles. The molecule has 4 rings (SSSR count). The van der Waals surface area contributed by atoms with E-state index >= 15 is 0 Å². The number of rotatable bonds is 5. The van der Waals surface area contributed by atoms with Crippen LogP contribution >= 0.6 is 0 Å². The monoisotopic (exact) mass is 419 g/mol. The normalized spacial score (nSPS) is 18.7. The molecule has 0 unspecified atom stereocenters. The van der Waals surface area contributed by atoms with Crippen molar-refractivity contribution in [3.63, 3.8) is 0 Å². The summed E-state index contributed by atoms with van der Waals surface area (Å²) in [5.41, 5.74) is 1.02. The topological polar surface area (TPSA) is 88.1 Å². The molecule has 2 aliphatic heterocycles. The molecule has 156 valence electrons. The molecule has 9 nitrogen and oxygen atoms in total. The van der Waals surface area contributed by atoms with E-state index in [-0.39, 0.29) is 4.90 Å². The van der Waals surface area contributed by atoms with Crippen LogP contribution < -0.4 is 14.5 Å². The summed E-state index contributed by atoms with van der Waals surface area (Å²) in [6.45, 7) is 4.93. The number of hydrogen-bond donors (Lipinski definition) is 0. The number of benzene rings is 1. The van der Waals surface area contributed by atoms with Crippen LogP contribution in [-0.2, 0) is 14.8 Å². The maximum Gasteiger partial charge on any atom is 0.246 e. The highest BCUT2D eigenvalue weighted by molar-refractivity contribution is 7.89. The lowest BCUT2D eigenvalue weighted by atomic mass is 10.3. The van der Waals surface area contributed by atoms with Crippen LogP contribution in [0.15, 0.2) is 41.4 Å². The first kappa shape index (κ1) is 19.9. The lowest BCUT2D eigenvalue weighted by Gasteiger charge is -2.35. The molecule has 0 radical (unpaired) electrons. The Morgan fingerprint density at radius 2 is 1.72 bits per heavy atom. The van der Waals surface area contributed by atoms with Crippen LogP contribution in [0.5, 0.6) is 5.75 Å². The van der Waals surface area contributed by atoms with Crippen LogP contribution in [0.2, 0.25) is 0 Å². The van der Waals surface area contributed by atoms with Crippen LogP contribution in [0.4, 0.5) is 11.5 Å². The van der Waals surface area contributed by atoms with E-state index in [0.717, 1.165) is 24.6 Å². The highest BCUT2D eigenvalue weighted by atomic mass is 32.2. The molecule has 0 atom stereocenters. The Bertz CT molecular complexity index is 941. The first-order chi connectivity index (χ1) is 14.1. The first-order valence-electron chi connectivity index (χ1n) is 9.63. The molecule has 2 saturated heterocycles. The smallest absolute Gasteiger partial charge is 0.246 e. The van der Waals surface area contributed by atoms with Crippen molar-refractivity contribution < 1.29 is 17.9 Å². The second kappa shape index (κ2) is 8.52. The summed E-state index contributed by atoms with van der Waals surface area (Å²) >= 11 is 0. The van der Waals surface area contributed by atoms with Gasteiger partial charge in [0.2, 0.25) is 10.0 Å². The fourth-order valence-corrected chi connectivity index (χ4v) is 5.20. The standard InChI is InChI=1S/C19H25N5O4S/c1-27-17-4-2-3-5-18(17)29(25,26)24-8-6-23(7-9-24)19-14-16(15-20-21-19)22-10-12-28-13-11-22/h2-5,14-15H,6-13H2,1H3. The molecule has 29 heavy (non-hydrogen) atoms. The van der Waals surface area contributed by atoms with E-state index in [4.69, 9.17) is 9.47 Å². The summed E-state index contributed by atoms with van der Waals surface area (Å²) in [4.78, 5) is 4.50. The van der Waals surface area contributed by atoms with E-state index in [2.05, 4.69) is 20.0 Å². The second-order valence-corrected chi connectivity index (χ2v) is 8.82. The molecule has 3 heterocycles. The SMILES string of the molecule is COc1ccccc1S(=O)(=O)N1CCN(c2cc(N3CCOCC3)cnn2)CC1. The van der Waals surface area contributed by atoms with Gasteiger partial charge >= 0.3 is 0 Å². The maximum absolute atomic E-state index is 13.1. The van der Waals surface area contributed by atoms with E-state index in [1.165, 1.54) is 11.4 Å². The van der Waals surface area contributed by atoms with E-state index in [9.17, 15) is 8.42 Å². The highest BCUT2D eigenvalue weighted by Gasteiger charge is 2.31. The summed E-state index contributed by atoms with van der Waals surface area (Å²) in [5, 5.41) is 8.41. The number of ether oxygens (including phenoxy) is 2. The van der Waals surface area contributed by atoms with Gasteiger partial charge in [-0.15, -0.1) is 5.10 Å². The molecular weight excluding hydrogens is 394 g/mol. The number of anilines is 2. The number of para-hydroxylation sites is 1. The minimum absolute atomic E-state index is 0.199. The van der Waals surface area contributed by atoms with Gasteiger partial charge in [-0.3, -0.25) is 0 Å². The number of methoxy groups -OCH3 is 1. The number of sulfonamides is 1. The van der Waals surface area contributed by atoms with Gasteiger partial charge in [0.05, 0.1) is 32.2 Å². The van der Waals surface area contributed by atoms with Gasteiger partial charge in [0.15, 0.2) is 5.82 Å². The minimum Gasteiger partial charge on any atom is -0.495 e. The molecule has 0 amide bonds. The zero-order chi connectivity index (χ0) is 20.3. The number of hydrogen-bond acceptors (Lipinski definition) is 8. The zero-order valence-electron chi connectivity index (χ0n) is 16.4. The van der Waals surface area contributed by atoms with Crippen LogP contribution in [0.1, 0.15) is 0 Å². The average Bonchev–Trinajstić information content (AvgIpc) is 2.80. The van der Waals surface area contributed by atoms with E-state index < -0.39 is 10.0 Å². The molecule has 1 aromatic heterocycles. The number of aromatic nitrogens is 2. The maximum atomic E-state index is 13.1. The lowest BCUT2D eigenvalue weighted by Crippen LogP contribution is -2.49. The largest absolute Gasteiger partial charge is 0.495 e. The second-order valence-electron chi connectivity index (χ2n) is 6.91. The Kier molecular flexibility index (Phi) is 5.84. The van der Waals surface area contributed by atoms with Crippen LogP contribution in [-0.4, -0.2) is 82.5 Å². The molecule has 10 heteroatoms. The van der Waals surface area contributed by atoms with Crippen molar-refractivity contribution >= 4 is 21.5 Å². The van der Waals surface area contributed by atoms with Gasteiger partial charge in [0, 0.05) is 45.3 Å². The van der Waals surface area contributed by atoms with E-state index in [1.54, 1.807) is 30.5 Å². The molecule has 1 aromatic carbocycles. The molecule has 2 fully saturated rings. The predicted octanol–water partition coefficient (Wildman–Crippen LogP) is 0.833. The number of morpholine rings is 1. The minimum atomic E-state index is -3.61. The third kappa shape index (κ3) is 4.14. The van der Waals surface area contributed by atoms with Crippen molar-refractivity contribution in [1.29, 1.82) is 0 Å². The Morgan fingerprint density at radius 3 is 2.45 bits per heavy atom. The molecule has 0 N–H and O–H groups in total. The summed E-state index contributed by atoms with van der Waals surface area (Å²) in [6, 6.07) is 8.73. The Labute approximate surface area is 170 Å². The summed E-state index contributed by atoms with van der Waals surface area (Å²) in [7, 11) is -2.13. The van der Waals surface area contributed by atoms with Gasteiger partial charge in [-0.2, -0.15) is 9.40 Å². The highest BCUT2D eigenvalue weighted by Crippen LogP contribution is 2.28. The molecule has 2 aliphatic rings. The Morgan fingerprint density at radius 1 is 1.00 bits per heavy atom. The van der Waals surface area contributed by atoms with Crippen molar-refractivity contribution in [2.75, 3.05) is 69.4 Å². The van der Waals surface area contributed by atoms with Crippen molar-refractivity contribution in [1.82, 2.24) is 14.5 Å². The predicted molar refractivity (Wildman–Crippen MR) is 109 cm³/mol. The average molecular weight is 420 g/mol. The van der Waals surface area contributed by atoms with Crippen LogP contribution in [0, 0.1) is 0 Å². The molecule has 0 bridgehead atoms. The van der Waals surface area contributed by atoms with Gasteiger partial charge in [0.1, 0.15) is 10.6 Å². The van der Waals surface area contributed by atoms with Crippen LogP contribution in [0.3, 0.4) is 0 Å². The van der Waals surface area contributed by atoms with Gasteiger partial charge in [-0.25, -0.2) is 8.42 Å². The number of piperazine rings is 1. The van der Waals surface area contributed by atoms with Gasteiger partial charge in [0.25, 0.3) is 0 Å². The van der Waals surface area contributed by atoms with Crippen molar-refractivity contribution in [3.8, 4) is 5.75 Å². The molecular formula is C19H25N5O4S. The summed E-state index contributed by atoms with van der Waals surface area (Å²) < 4.78 is 38.2. The molecule has 2 aromatic rings. The van der Waals surface area contributed by atoms with Crippen LogP contribution in [0.25, 0.3) is 0 Å².